The first-order chi connectivity index (χ1) is 14.8. The molecule has 0 radical (unpaired) electrons. The molecule has 0 aromatic heterocycles. The van der Waals surface area contributed by atoms with E-state index in [1.165, 1.54) is 0 Å². The SMILES string of the molecule is O=C(O)CC(CC(=O)O)(CC(=O)O)C[C@@H]1CCc2cc(OCc3ccccc3)ccc21. The average Bonchev–Trinajstić information content (AvgIpc) is 3.07. The highest BCUT2D eigenvalue weighted by atomic mass is 16.5. The Morgan fingerprint density at radius 2 is 1.52 bits per heavy atom. The zero-order chi connectivity index (χ0) is 22.4. The van der Waals surface area contributed by atoms with Gasteiger partial charge in [0, 0.05) is 5.41 Å². The molecule has 1 atom stereocenters. The third kappa shape index (κ3) is 6.07. The molecule has 0 spiro atoms. The van der Waals surface area contributed by atoms with Gasteiger partial charge in [-0.2, -0.15) is 0 Å². The van der Waals surface area contributed by atoms with Crippen molar-refractivity contribution in [3.8, 4) is 5.75 Å². The first-order valence-corrected chi connectivity index (χ1v) is 10.2. The second-order valence-corrected chi connectivity index (χ2v) is 8.29. The smallest absolute Gasteiger partial charge is 0.303 e. The number of rotatable bonds is 11. The molecule has 0 unspecified atom stereocenters. The predicted molar refractivity (Wildman–Crippen MR) is 112 cm³/mol. The van der Waals surface area contributed by atoms with Crippen LogP contribution in [0.15, 0.2) is 48.5 Å². The Morgan fingerprint density at radius 1 is 0.903 bits per heavy atom. The van der Waals surface area contributed by atoms with E-state index in [0.29, 0.717) is 6.61 Å². The zero-order valence-electron chi connectivity index (χ0n) is 17.1. The van der Waals surface area contributed by atoms with Crippen molar-refractivity contribution in [2.24, 2.45) is 5.41 Å². The molecule has 7 nitrogen and oxygen atoms in total. The van der Waals surface area contributed by atoms with E-state index < -0.39 is 42.6 Å². The second kappa shape index (κ2) is 9.64. The first kappa shape index (κ1) is 22.3. The summed E-state index contributed by atoms with van der Waals surface area (Å²) in [5, 5.41) is 28.0. The van der Waals surface area contributed by atoms with Gasteiger partial charge < -0.3 is 20.1 Å². The largest absolute Gasteiger partial charge is 0.489 e. The van der Waals surface area contributed by atoms with Crippen LogP contribution >= 0.6 is 0 Å². The molecular formula is C24H26O7. The zero-order valence-corrected chi connectivity index (χ0v) is 17.1. The van der Waals surface area contributed by atoms with E-state index in [9.17, 15) is 29.7 Å². The van der Waals surface area contributed by atoms with Crippen LogP contribution in [0.3, 0.4) is 0 Å². The van der Waals surface area contributed by atoms with Crippen molar-refractivity contribution in [1.29, 1.82) is 0 Å². The number of hydrogen-bond donors (Lipinski definition) is 3. The van der Waals surface area contributed by atoms with Crippen LogP contribution in [0.25, 0.3) is 0 Å². The number of ether oxygens (including phenoxy) is 1. The number of benzene rings is 2. The first-order valence-electron chi connectivity index (χ1n) is 10.2. The molecule has 0 amide bonds. The lowest BCUT2D eigenvalue weighted by Gasteiger charge is -2.32. The molecule has 0 saturated heterocycles. The highest BCUT2D eigenvalue weighted by Crippen LogP contribution is 2.46. The van der Waals surface area contributed by atoms with Gasteiger partial charge >= 0.3 is 17.9 Å². The third-order valence-corrected chi connectivity index (χ3v) is 5.82. The van der Waals surface area contributed by atoms with E-state index in [-0.39, 0.29) is 12.3 Å². The van der Waals surface area contributed by atoms with Crippen molar-refractivity contribution in [1.82, 2.24) is 0 Å². The summed E-state index contributed by atoms with van der Waals surface area (Å²) < 4.78 is 5.88. The van der Waals surface area contributed by atoms with Gasteiger partial charge in [0.05, 0.1) is 19.3 Å². The normalized spacial score (nSPS) is 15.3. The lowest BCUT2D eigenvalue weighted by molar-refractivity contribution is -0.148. The number of aliphatic carboxylic acids is 3. The molecule has 1 aliphatic rings. The Balaban J connectivity index is 1.77. The number of fused-ring (bicyclic) bond motifs is 1. The maximum absolute atomic E-state index is 11.4. The second-order valence-electron chi connectivity index (χ2n) is 8.29. The van der Waals surface area contributed by atoms with E-state index in [0.717, 1.165) is 35.3 Å². The molecular weight excluding hydrogens is 400 g/mol. The number of aryl methyl sites for hydroxylation is 1. The van der Waals surface area contributed by atoms with Crippen molar-refractivity contribution < 1.29 is 34.4 Å². The molecule has 3 N–H and O–H groups in total. The van der Waals surface area contributed by atoms with Gasteiger partial charge in [-0.05, 0) is 54.0 Å². The predicted octanol–water partition coefficient (Wildman–Crippen LogP) is 4.10. The topological polar surface area (TPSA) is 121 Å². The van der Waals surface area contributed by atoms with Gasteiger partial charge in [-0.25, -0.2) is 0 Å². The summed E-state index contributed by atoms with van der Waals surface area (Å²) in [4.78, 5) is 34.3. The fourth-order valence-electron chi connectivity index (χ4n) is 4.61. The minimum atomic E-state index is -1.34. The van der Waals surface area contributed by atoms with Gasteiger partial charge in [-0.1, -0.05) is 36.4 Å². The van der Waals surface area contributed by atoms with E-state index in [2.05, 4.69) is 0 Å². The standard InChI is InChI=1S/C24H26O7/c25-21(26)12-24(13-22(27)28,14-23(29)30)11-18-7-6-17-10-19(8-9-20(17)18)31-15-16-4-2-1-3-5-16/h1-5,8-10,18H,6-7,11-15H2,(H,25,26)(H,27,28)(H,29,30)/t18-/m0/s1. The van der Waals surface area contributed by atoms with E-state index >= 15 is 0 Å². The van der Waals surface area contributed by atoms with Gasteiger partial charge in [0.15, 0.2) is 0 Å². The number of carboxylic acids is 3. The fraction of sp³-hybridized carbons (Fsp3) is 0.375. The van der Waals surface area contributed by atoms with E-state index in [1.807, 2.05) is 48.5 Å². The van der Waals surface area contributed by atoms with Crippen LogP contribution in [0.4, 0.5) is 0 Å². The summed E-state index contributed by atoms with van der Waals surface area (Å²) >= 11 is 0. The molecule has 31 heavy (non-hydrogen) atoms. The summed E-state index contributed by atoms with van der Waals surface area (Å²) in [6.07, 6.45) is 0.208. The monoisotopic (exact) mass is 426 g/mol. The van der Waals surface area contributed by atoms with E-state index in [4.69, 9.17) is 4.74 Å². The summed E-state index contributed by atoms with van der Waals surface area (Å²) in [6.45, 7) is 0.446. The Morgan fingerprint density at radius 3 is 2.10 bits per heavy atom. The van der Waals surface area contributed by atoms with Crippen LogP contribution in [-0.4, -0.2) is 33.2 Å². The molecule has 0 saturated carbocycles. The molecule has 0 fully saturated rings. The maximum atomic E-state index is 11.4. The highest BCUT2D eigenvalue weighted by molar-refractivity contribution is 5.75. The van der Waals surface area contributed by atoms with Crippen LogP contribution in [0.1, 0.15) is 54.7 Å². The Kier molecular flexibility index (Phi) is 6.95. The van der Waals surface area contributed by atoms with Crippen LogP contribution in [0.5, 0.6) is 5.75 Å². The number of hydrogen-bond acceptors (Lipinski definition) is 4. The van der Waals surface area contributed by atoms with Gasteiger partial charge in [0.25, 0.3) is 0 Å². The van der Waals surface area contributed by atoms with Gasteiger partial charge in [-0.15, -0.1) is 0 Å². The molecule has 2 aromatic rings. The van der Waals surface area contributed by atoms with Crippen molar-refractivity contribution >= 4 is 17.9 Å². The van der Waals surface area contributed by atoms with Crippen molar-refractivity contribution in [2.45, 2.75) is 51.0 Å². The molecule has 0 aliphatic heterocycles. The van der Waals surface area contributed by atoms with Gasteiger partial charge in [-0.3, -0.25) is 14.4 Å². The number of carboxylic acid groups (broad SMARTS) is 3. The molecule has 7 heteroatoms. The minimum Gasteiger partial charge on any atom is -0.489 e. The summed E-state index contributed by atoms with van der Waals surface area (Å²) in [5.41, 5.74) is 1.81. The Bertz CT molecular complexity index is 911. The lowest BCUT2D eigenvalue weighted by atomic mass is 9.70. The molecule has 164 valence electrons. The van der Waals surface area contributed by atoms with Crippen molar-refractivity contribution in [3.05, 3.63) is 65.2 Å². The van der Waals surface area contributed by atoms with E-state index in [1.54, 1.807) is 0 Å². The Hall–Kier alpha value is -3.35. The molecule has 0 bridgehead atoms. The summed E-state index contributed by atoms with van der Waals surface area (Å²) in [5.74, 6) is -2.92. The highest BCUT2D eigenvalue weighted by Gasteiger charge is 2.41. The minimum absolute atomic E-state index is 0.0868. The number of carbonyl (C=O) groups is 3. The Labute approximate surface area is 180 Å². The molecule has 3 rings (SSSR count). The summed E-state index contributed by atoms with van der Waals surface area (Å²) in [6, 6.07) is 15.6. The molecule has 2 aromatic carbocycles. The van der Waals surface area contributed by atoms with Gasteiger partial charge in [0.1, 0.15) is 12.4 Å². The fourth-order valence-corrected chi connectivity index (χ4v) is 4.61. The van der Waals surface area contributed by atoms with Crippen LogP contribution in [0, 0.1) is 5.41 Å². The van der Waals surface area contributed by atoms with Crippen molar-refractivity contribution in [3.63, 3.8) is 0 Å². The van der Waals surface area contributed by atoms with Crippen LogP contribution < -0.4 is 4.74 Å². The molecule has 0 heterocycles. The quantitative estimate of drug-likeness (QED) is 0.495. The van der Waals surface area contributed by atoms with Crippen LogP contribution in [0.2, 0.25) is 0 Å². The van der Waals surface area contributed by atoms with Crippen molar-refractivity contribution in [2.75, 3.05) is 0 Å². The summed E-state index contributed by atoms with van der Waals surface area (Å²) in [7, 11) is 0. The van der Waals surface area contributed by atoms with Gasteiger partial charge in [0.2, 0.25) is 0 Å². The lowest BCUT2D eigenvalue weighted by Crippen LogP contribution is -2.32. The third-order valence-electron chi connectivity index (χ3n) is 5.82. The maximum Gasteiger partial charge on any atom is 0.303 e. The van der Waals surface area contributed by atoms with Crippen LogP contribution in [-0.2, 0) is 27.4 Å². The average molecular weight is 426 g/mol. The molecule has 1 aliphatic carbocycles.